The zero-order chi connectivity index (χ0) is 16.0. The van der Waals surface area contributed by atoms with E-state index >= 15 is 0 Å². The summed E-state index contributed by atoms with van der Waals surface area (Å²) in [6, 6.07) is 4.20. The maximum atomic E-state index is 12.5. The molecule has 1 N–H and O–H groups in total. The van der Waals surface area contributed by atoms with Gasteiger partial charge < -0.3 is 10.2 Å². The van der Waals surface area contributed by atoms with Crippen molar-refractivity contribution in [1.29, 1.82) is 0 Å². The van der Waals surface area contributed by atoms with Crippen LogP contribution in [-0.4, -0.2) is 31.1 Å². The zero-order valence-corrected chi connectivity index (χ0v) is 14.2. The average molecular weight is 367 g/mol. The summed E-state index contributed by atoms with van der Waals surface area (Å²) in [5, 5.41) is 3.16. The third kappa shape index (κ3) is 6.26. The van der Waals surface area contributed by atoms with Gasteiger partial charge in [0.1, 0.15) is 0 Å². The predicted octanol–water partition coefficient (Wildman–Crippen LogP) is 5.00. The zero-order valence-electron chi connectivity index (χ0n) is 12.6. The molecule has 0 saturated carbocycles. The Morgan fingerprint density at radius 1 is 1.24 bits per heavy atom. The molecule has 0 amide bonds. The first-order valence-electron chi connectivity index (χ1n) is 7.02. The molecule has 0 aliphatic heterocycles. The first-order chi connectivity index (χ1) is 9.71. The number of nitrogens with zero attached hydrogens (tertiary/aromatic N) is 1. The van der Waals surface area contributed by atoms with Crippen LogP contribution in [-0.2, 0) is 6.18 Å². The van der Waals surface area contributed by atoms with Crippen LogP contribution in [0.25, 0.3) is 0 Å². The number of hydrogen-bond donors (Lipinski definition) is 1. The van der Waals surface area contributed by atoms with Gasteiger partial charge in [-0.05, 0) is 74.4 Å². The molecule has 0 bridgehead atoms. The molecule has 1 aromatic rings. The van der Waals surface area contributed by atoms with Gasteiger partial charge in [-0.2, -0.15) is 13.2 Å². The Morgan fingerprint density at radius 2 is 1.90 bits per heavy atom. The van der Waals surface area contributed by atoms with Crippen molar-refractivity contribution >= 4 is 21.6 Å². The minimum atomic E-state index is -4.30. The average Bonchev–Trinajstić information content (AvgIpc) is 2.38. The molecule has 1 aromatic carbocycles. The van der Waals surface area contributed by atoms with Gasteiger partial charge in [0.05, 0.1) is 5.56 Å². The minimum Gasteiger partial charge on any atom is -0.384 e. The molecule has 6 heteroatoms. The maximum Gasteiger partial charge on any atom is 0.416 e. The Balaban J connectivity index is 2.40. The van der Waals surface area contributed by atoms with Gasteiger partial charge in [0.2, 0.25) is 0 Å². The van der Waals surface area contributed by atoms with Crippen LogP contribution in [0, 0.1) is 0 Å². The number of halogens is 4. The summed E-state index contributed by atoms with van der Waals surface area (Å²) in [4.78, 5) is 2.27. The van der Waals surface area contributed by atoms with Crippen LogP contribution in [0.15, 0.2) is 22.7 Å². The summed E-state index contributed by atoms with van der Waals surface area (Å²) in [6.07, 6.45) is -2.27. The molecule has 0 aliphatic carbocycles. The van der Waals surface area contributed by atoms with E-state index in [4.69, 9.17) is 0 Å². The lowest BCUT2D eigenvalue weighted by atomic mass is 10.2. The number of alkyl halides is 3. The monoisotopic (exact) mass is 366 g/mol. The topological polar surface area (TPSA) is 15.3 Å². The standard InChI is InChI=1S/C15H22BrF3N2/c1-11(2)21(3)9-5-4-8-20-14-7-6-12(10-13(14)16)15(17,18)19/h6-7,10-11,20H,4-5,8-9H2,1-3H3. The fraction of sp³-hybridized carbons (Fsp3) is 0.600. The van der Waals surface area contributed by atoms with Gasteiger partial charge in [-0.3, -0.25) is 0 Å². The molecule has 0 radical (unpaired) electrons. The van der Waals surface area contributed by atoms with E-state index in [0.717, 1.165) is 38.1 Å². The van der Waals surface area contributed by atoms with Crippen molar-refractivity contribution in [1.82, 2.24) is 4.90 Å². The highest BCUT2D eigenvalue weighted by molar-refractivity contribution is 9.10. The molecule has 2 nitrogen and oxygen atoms in total. The van der Waals surface area contributed by atoms with Crippen molar-refractivity contribution in [2.45, 2.75) is 38.9 Å². The van der Waals surface area contributed by atoms with Crippen LogP contribution >= 0.6 is 15.9 Å². The number of unbranched alkanes of at least 4 members (excludes halogenated alkanes) is 1. The lowest BCUT2D eigenvalue weighted by Crippen LogP contribution is -2.27. The van der Waals surface area contributed by atoms with E-state index in [2.05, 4.69) is 47.0 Å². The molecule has 0 unspecified atom stereocenters. The number of nitrogens with one attached hydrogen (secondary N) is 1. The van der Waals surface area contributed by atoms with Gasteiger partial charge in [0.15, 0.2) is 0 Å². The van der Waals surface area contributed by atoms with E-state index in [0.29, 0.717) is 16.2 Å². The van der Waals surface area contributed by atoms with Gasteiger partial charge >= 0.3 is 6.18 Å². The third-order valence-corrected chi connectivity index (χ3v) is 4.09. The second kappa shape index (κ2) is 8.03. The molecule has 0 aliphatic rings. The van der Waals surface area contributed by atoms with Crippen LogP contribution in [0.4, 0.5) is 18.9 Å². The lowest BCUT2D eigenvalue weighted by Gasteiger charge is -2.20. The van der Waals surface area contributed by atoms with Gasteiger partial charge in [0.25, 0.3) is 0 Å². The number of hydrogen-bond acceptors (Lipinski definition) is 2. The highest BCUT2D eigenvalue weighted by atomic mass is 79.9. The highest BCUT2D eigenvalue weighted by Gasteiger charge is 2.30. The lowest BCUT2D eigenvalue weighted by molar-refractivity contribution is -0.137. The van der Waals surface area contributed by atoms with Crippen LogP contribution in [0.1, 0.15) is 32.3 Å². The Kier molecular flexibility index (Phi) is 7.00. The summed E-state index contributed by atoms with van der Waals surface area (Å²) in [7, 11) is 2.09. The Labute approximate surface area is 132 Å². The van der Waals surface area contributed by atoms with Crippen molar-refractivity contribution in [3.05, 3.63) is 28.2 Å². The Hall–Kier alpha value is -0.750. The van der Waals surface area contributed by atoms with Gasteiger partial charge in [-0.25, -0.2) is 0 Å². The molecule has 0 atom stereocenters. The quantitative estimate of drug-likeness (QED) is 0.683. The number of rotatable bonds is 7. The van der Waals surface area contributed by atoms with Gasteiger partial charge in [0, 0.05) is 22.7 Å². The highest BCUT2D eigenvalue weighted by Crippen LogP contribution is 2.33. The van der Waals surface area contributed by atoms with E-state index in [1.807, 2.05) is 0 Å². The Bertz CT molecular complexity index is 447. The number of benzene rings is 1. The first kappa shape index (κ1) is 18.3. The fourth-order valence-corrected chi connectivity index (χ4v) is 2.32. The van der Waals surface area contributed by atoms with Crippen molar-refractivity contribution in [3.8, 4) is 0 Å². The second-order valence-corrected chi connectivity index (χ2v) is 6.25. The van der Waals surface area contributed by atoms with Gasteiger partial charge in [-0.1, -0.05) is 0 Å². The van der Waals surface area contributed by atoms with Crippen LogP contribution in [0.5, 0.6) is 0 Å². The molecule has 21 heavy (non-hydrogen) atoms. The van der Waals surface area contributed by atoms with Crippen molar-refractivity contribution < 1.29 is 13.2 Å². The van der Waals surface area contributed by atoms with E-state index < -0.39 is 11.7 Å². The molecule has 120 valence electrons. The second-order valence-electron chi connectivity index (χ2n) is 5.40. The fourth-order valence-electron chi connectivity index (χ4n) is 1.80. The van der Waals surface area contributed by atoms with Crippen molar-refractivity contribution in [3.63, 3.8) is 0 Å². The smallest absolute Gasteiger partial charge is 0.384 e. The molecular formula is C15H22BrF3N2. The molecule has 0 heterocycles. The van der Waals surface area contributed by atoms with Crippen LogP contribution < -0.4 is 5.32 Å². The van der Waals surface area contributed by atoms with Crippen molar-refractivity contribution in [2.24, 2.45) is 0 Å². The normalized spacial score (nSPS) is 12.2. The SMILES string of the molecule is CC(C)N(C)CCCCNc1ccc(C(F)(F)F)cc1Br. The molecule has 0 aromatic heterocycles. The molecular weight excluding hydrogens is 345 g/mol. The van der Waals surface area contributed by atoms with Crippen molar-refractivity contribution in [2.75, 3.05) is 25.5 Å². The Morgan fingerprint density at radius 3 is 2.43 bits per heavy atom. The maximum absolute atomic E-state index is 12.5. The van der Waals surface area contributed by atoms with Crippen LogP contribution in [0.2, 0.25) is 0 Å². The minimum absolute atomic E-state index is 0.441. The summed E-state index contributed by atoms with van der Waals surface area (Å²) >= 11 is 3.18. The molecule has 1 rings (SSSR count). The summed E-state index contributed by atoms with van der Waals surface area (Å²) in [5.74, 6) is 0. The van der Waals surface area contributed by atoms with Crippen LogP contribution in [0.3, 0.4) is 0 Å². The van der Waals surface area contributed by atoms with E-state index in [1.165, 1.54) is 6.07 Å². The molecule has 0 fully saturated rings. The third-order valence-electron chi connectivity index (χ3n) is 3.43. The largest absolute Gasteiger partial charge is 0.416 e. The van der Waals surface area contributed by atoms with Gasteiger partial charge in [-0.15, -0.1) is 0 Å². The summed E-state index contributed by atoms with van der Waals surface area (Å²) in [5.41, 5.74) is 0.0543. The predicted molar refractivity (Wildman–Crippen MR) is 84.6 cm³/mol. The first-order valence-corrected chi connectivity index (χ1v) is 7.82. The summed E-state index contributed by atoms with van der Waals surface area (Å²) < 4.78 is 38.1. The molecule has 0 saturated heterocycles. The molecule has 0 spiro atoms. The number of anilines is 1. The van der Waals surface area contributed by atoms with E-state index in [9.17, 15) is 13.2 Å². The summed E-state index contributed by atoms with van der Waals surface area (Å²) in [6.45, 7) is 6.07. The van der Waals surface area contributed by atoms with E-state index in [1.54, 1.807) is 0 Å². The van der Waals surface area contributed by atoms with E-state index in [-0.39, 0.29) is 0 Å².